The van der Waals surface area contributed by atoms with Crippen LogP contribution < -0.4 is 10.3 Å². The average Bonchev–Trinajstić information content (AvgIpc) is 2.68. The maximum Gasteiger partial charge on any atom is 0.273 e. The smallest absolute Gasteiger partial charge is 0.273 e. The maximum absolute atomic E-state index is 11.0. The molecule has 0 aliphatic rings. The monoisotopic (exact) mass is 357 g/mol. The van der Waals surface area contributed by atoms with Gasteiger partial charge in [0.1, 0.15) is 17.3 Å². The molecule has 0 bridgehead atoms. The summed E-state index contributed by atoms with van der Waals surface area (Å²) >= 11 is 0. The molecular formula is C22H21N4O+. The largest absolute Gasteiger partial charge is 0.505 e. The van der Waals surface area contributed by atoms with Gasteiger partial charge in [-0.05, 0) is 38.1 Å². The van der Waals surface area contributed by atoms with E-state index in [1.165, 1.54) is 0 Å². The number of aromatic amines is 1. The van der Waals surface area contributed by atoms with Gasteiger partial charge in [-0.15, -0.1) is 0 Å². The minimum Gasteiger partial charge on any atom is -0.505 e. The van der Waals surface area contributed by atoms with Crippen molar-refractivity contribution in [2.75, 3.05) is 5.32 Å². The lowest BCUT2D eigenvalue weighted by molar-refractivity contribution is -0.371. The minimum atomic E-state index is -0.275. The zero-order valence-corrected chi connectivity index (χ0v) is 15.3. The molecule has 1 atom stereocenters. The maximum atomic E-state index is 11.0. The molecule has 3 aromatic heterocycles. The van der Waals surface area contributed by atoms with Crippen molar-refractivity contribution in [2.45, 2.75) is 19.9 Å². The third-order valence-electron chi connectivity index (χ3n) is 4.58. The summed E-state index contributed by atoms with van der Waals surface area (Å²) in [6.07, 6.45) is 3.55. The van der Waals surface area contributed by atoms with Crippen molar-refractivity contribution in [2.24, 2.45) is 0 Å². The number of pyridine rings is 3. The Morgan fingerprint density at radius 1 is 1.00 bits per heavy atom. The van der Waals surface area contributed by atoms with Crippen molar-refractivity contribution in [3.63, 3.8) is 0 Å². The molecule has 4 aromatic rings. The van der Waals surface area contributed by atoms with E-state index in [2.05, 4.69) is 20.3 Å². The van der Waals surface area contributed by atoms with E-state index < -0.39 is 0 Å². The van der Waals surface area contributed by atoms with Gasteiger partial charge in [-0.3, -0.25) is 10.3 Å². The average molecular weight is 357 g/mol. The number of H-pyrrole nitrogens is 1. The molecule has 3 N–H and O–H groups in total. The standard InChI is InChI=1S/C22H20N4O/c1-14-5-3-7-19(24-14)26-20(17-6-4-12-23-13-17)18-11-10-16-9-8-15(2)25-21(16)22(18)27/h3-13,20,27H,1-2H3,(H,24,26)/p+1/t20-/m1/s1. The van der Waals surface area contributed by atoms with Gasteiger partial charge in [0.05, 0.1) is 5.69 Å². The van der Waals surface area contributed by atoms with Crippen LogP contribution in [0.4, 0.5) is 5.82 Å². The molecular weight excluding hydrogens is 336 g/mol. The number of phenolic OH excluding ortho intramolecular Hbond substituents is 1. The topological polar surface area (TPSA) is 72.2 Å². The van der Waals surface area contributed by atoms with Crippen LogP contribution in [0.15, 0.2) is 67.0 Å². The van der Waals surface area contributed by atoms with Crippen molar-refractivity contribution in [1.29, 1.82) is 0 Å². The van der Waals surface area contributed by atoms with Gasteiger partial charge in [-0.1, -0.05) is 24.3 Å². The van der Waals surface area contributed by atoms with Crippen LogP contribution in [-0.2, 0) is 0 Å². The van der Waals surface area contributed by atoms with Crippen LogP contribution in [0.1, 0.15) is 28.6 Å². The Kier molecular flexibility index (Phi) is 4.42. The highest BCUT2D eigenvalue weighted by atomic mass is 16.3. The summed E-state index contributed by atoms with van der Waals surface area (Å²) in [6, 6.07) is 17.4. The zero-order valence-electron chi connectivity index (χ0n) is 15.3. The van der Waals surface area contributed by atoms with Gasteiger partial charge < -0.3 is 5.11 Å². The zero-order chi connectivity index (χ0) is 18.8. The lowest BCUT2D eigenvalue weighted by atomic mass is 9.97. The second kappa shape index (κ2) is 7.03. The van der Waals surface area contributed by atoms with Gasteiger partial charge in [0, 0.05) is 40.7 Å². The van der Waals surface area contributed by atoms with Crippen molar-refractivity contribution < 1.29 is 10.1 Å². The molecule has 3 heterocycles. The molecule has 0 aliphatic heterocycles. The van der Waals surface area contributed by atoms with Gasteiger partial charge >= 0.3 is 0 Å². The Bertz CT molecular complexity index is 1100. The third kappa shape index (κ3) is 3.44. The highest BCUT2D eigenvalue weighted by Gasteiger charge is 2.24. The number of hydrogen-bond donors (Lipinski definition) is 2. The molecule has 0 amide bonds. The predicted octanol–water partition coefficient (Wildman–Crippen LogP) is 3.97. The Morgan fingerprint density at radius 2 is 1.85 bits per heavy atom. The number of nitrogens with one attached hydrogen (secondary N) is 2. The Balaban J connectivity index is 1.86. The number of aryl methyl sites for hydroxylation is 2. The number of rotatable bonds is 4. The number of aromatic hydroxyl groups is 1. The number of aromatic nitrogens is 3. The number of phenols is 1. The molecule has 0 fully saturated rings. The summed E-state index contributed by atoms with van der Waals surface area (Å²) in [5, 5.41) is 15.4. The predicted molar refractivity (Wildman–Crippen MR) is 106 cm³/mol. The van der Waals surface area contributed by atoms with E-state index in [4.69, 9.17) is 0 Å². The van der Waals surface area contributed by atoms with Crippen molar-refractivity contribution >= 4 is 16.7 Å². The molecule has 27 heavy (non-hydrogen) atoms. The SMILES string of the molecule is Cc1ccc2ccc([C@H](Nc3cccc(C)[nH+]3)c3cccnc3)c(O)c2n1. The summed E-state index contributed by atoms with van der Waals surface area (Å²) in [6.45, 7) is 3.93. The number of hydrogen-bond acceptors (Lipinski definition) is 4. The molecule has 0 radical (unpaired) electrons. The lowest BCUT2D eigenvalue weighted by Gasteiger charge is -2.17. The molecule has 0 saturated carbocycles. The fourth-order valence-corrected chi connectivity index (χ4v) is 3.23. The van der Waals surface area contributed by atoms with Gasteiger partial charge in [0.2, 0.25) is 0 Å². The summed E-state index contributed by atoms with van der Waals surface area (Å²) in [4.78, 5) is 12.1. The molecule has 0 aliphatic carbocycles. The normalized spacial score (nSPS) is 12.1. The number of anilines is 1. The molecule has 0 spiro atoms. The first kappa shape index (κ1) is 17.0. The van der Waals surface area contributed by atoms with E-state index in [0.29, 0.717) is 5.52 Å². The summed E-state index contributed by atoms with van der Waals surface area (Å²) < 4.78 is 0. The van der Waals surface area contributed by atoms with Crippen molar-refractivity contribution in [3.05, 3.63) is 89.5 Å². The lowest BCUT2D eigenvalue weighted by Crippen LogP contribution is -2.20. The molecule has 134 valence electrons. The summed E-state index contributed by atoms with van der Waals surface area (Å²) in [5.41, 5.74) is 4.23. The van der Waals surface area contributed by atoms with Gasteiger partial charge in [0.25, 0.3) is 5.82 Å². The van der Waals surface area contributed by atoms with Crippen LogP contribution in [0, 0.1) is 13.8 Å². The highest BCUT2D eigenvalue weighted by Crippen LogP contribution is 2.35. The molecule has 5 nitrogen and oxygen atoms in total. The quantitative estimate of drug-likeness (QED) is 0.580. The fraction of sp³-hybridized carbons (Fsp3) is 0.136. The fourth-order valence-electron chi connectivity index (χ4n) is 3.23. The Hall–Kier alpha value is -3.47. The van der Waals surface area contributed by atoms with E-state index in [1.54, 1.807) is 12.4 Å². The molecule has 5 heteroatoms. The van der Waals surface area contributed by atoms with E-state index >= 15 is 0 Å². The van der Waals surface area contributed by atoms with E-state index in [1.807, 2.05) is 68.4 Å². The van der Waals surface area contributed by atoms with Crippen LogP contribution in [-0.4, -0.2) is 15.1 Å². The van der Waals surface area contributed by atoms with E-state index in [0.717, 1.165) is 33.7 Å². The second-order valence-electron chi connectivity index (χ2n) is 6.64. The van der Waals surface area contributed by atoms with Crippen LogP contribution in [0.2, 0.25) is 0 Å². The minimum absolute atomic E-state index is 0.185. The molecule has 4 rings (SSSR count). The molecule has 0 saturated heterocycles. The van der Waals surface area contributed by atoms with Gasteiger partial charge in [-0.25, -0.2) is 9.97 Å². The van der Waals surface area contributed by atoms with Crippen molar-refractivity contribution in [3.8, 4) is 5.75 Å². The third-order valence-corrected chi connectivity index (χ3v) is 4.58. The van der Waals surface area contributed by atoms with Crippen LogP contribution >= 0.6 is 0 Å². The Morgan fingerprint density at radius 3 is 2.63 bits per heavy atom. The van der Waals surface area contributed by atoms with E-state index in [9.17, 15) is 5.11 Å². The first-order valence-corrected chi connectivity index (χ1v) is 8.86. The van der Waals surface area contributed by atoms with Crippen LogP contribution in [0.25, 0.3) is 10.9 Å². The van der Waals surface area contributed by atoms with Crippen LogP contribution in [0.3, 0.4) is 0 Å². The number of benzene rings is 1. The summed E-state index contributed by atoms with van der Waals surface area (Å²) in [5.74, 6) is 1.05. The van der Waals surface area contributed by atoms with Gasteiger partial charge in [-0.2, -0.15) is 0 Å². The Labute approximate surface area is 157 Å². The molecule has 0 unspecified atom stereocenters. The van der Waals surface area contributed by atoms with Crippen molar-refractivity contribution in [1.82, 2.24) is 9.97 Å². The summed E-state index contributed by atoms with van der Waals surface area (Å²) in [7, 11) is 0. The number of nitrogens with zero attached hydrogens (tertiary/aromatic N) is 2. The van der Waals surface area contributed by atoms with Crippen LogP contribution in [0.5, 0.6) is 5.75 Å². The first-order chi connectivity index (χ1) is 13.1. The highest BCUT2D eigenvalue weighted by molar-refractivity contribution is 5.86. The molecule has 1 aromatic carbocycles. The first-order valence-electron chi connectivity index (χ1n) is 8.86. The second-order valence-corrected chi connectivity index (χ2v) is 6.64. The van der Waals surface area contributed by atoms with E-state index in [-0.39, 0.29) is 11.8 Å². The van der Waals surface area contributed by atoms with Gasteiger partial charge in [0.15, 0.2) is 0 Å². The number of fused-ring (bicyclic) bond motifs is 1.